The topological polar surface area (TPSA) is 102 Å². The maximum absolute atomic E-state index is 10.8. The smallest absolute Gasteiger partial charge is 0.414 e. The number of pyridine rings is 1. The van der Waals surface area contributed by atoms with Crippen LogP contribution in [0.3, 0.4) is 0 Å². The van der Waals surface area contributed by atoms with Crippen LogP contribution in [0.1, 0.15) is 5.56 Å². The molecule has 0 fully saturated rings. The SMILES string of the molecule is COc1ccc(-c2ccc(CO[C@@H]3COc4nc([N+](=O)[O-])cn4C3)cc2)nc1. The van der Waals surface area contributed by atoms with Crippen LogP contribution < -0.4 is 9.47 Å². The van der Waals surface area contributed by atoms with E-state index in [4.69, 9.17) is 14.2 Å². The van der Waals surface area contributed by atoms with Crippen molar-refractivity contribution >= 4 is 5.82 Å². The number of fused-ring (bicyclic) bond motifs is 1. The van der Waals surface area contributed by atoms with Crippen LogP contribution in [-0.4, -0.2) is 39.3 Å². The summed E-state index contributed by atoms with van der Waals surface area (Å²) in [7, 11) is 1.61. The van der Waals surface area contributed by atoms with Gasteiger partial charge in [0, 0.05) is 10.5 Å². The third kappa shape index (κ3) is 3.79. The lowest BCUT2D eigenvalue weighted by Gasteiger charge is -2.22. The number of rotatable bonds is 6. The summed E-state index contributed by atoms with van der Waals surface area (Å²) in [6, 6.07) is 12.0. The molecule has 3 aromatic rings. The number of nitrogens with zero attached hydrogens (tertiary/aromatic N) is 4. The molecule has 144 valence electrons. The molecule has 0 N–H and O–H groups in total. The van der Waals surface area contributed by atoms with Crippen LogP contribution in [-0.2, 0) is 17.9 Å². The molecule has 1 atom stereocenters. The van der Waals surface area contributed by atoms with Crippen molar-refractivity contribution in [3.8, 4) is 23.0 Å². The molecule has 28 heavy (non-hydrogen) atoms. The lowest BCUT2D eigenvalue weighted by molar-refractivity contribution is -0.389. The Labute approximate surface area is 160 Å². The summed E-state index contributed by atoms with van der Waals surface area (Å²) >= 11 is 0. The molecule has 1 aliphatic heterocycles. The molecule has 9 nitrogen and oxygen atoms in total. The summed E-state index contributed by atoms with van der Waals surface area (Å²) < 4.78 is 18.1. The van der Waals surface area contributed by atoms with E-state index in [1.54, 1.807) is 17.9 Å². The van der Waals surface area contributed by atoms with E-state index in [0.717, 1.165) is 22.6 Å². The molecule has 0 saturated carbocycles. The monoisotopic (exact) mass is 382 g/mol. The number of hydrogen-bond acceptors (Lipinski definition) is 7. The first-order chi connectivity index (χ1) is 13.6. The van der Waals surface area contributed by atoms with Crippen LogP contribution in [0.4, 0.5) is 5.82 Å². The Balaban J connectivity index is 1.35. The zero-order valence-electron chi connectivity index (χ0n) is 15.1. The van der Waals surface area contributed by atoms with E-state index in [1.807, 2.05) is 36.4 Å². The number of imidazole rings is 1. The Morgan fingerprint density at radius 3 is 2.79 bits per heavy atom. The van der Waals surface area contributed by atoms with Gasteiger partial charge in [-0.2, -0.15) is 0 Å². The summed E-state index contributed by atoms with van der Waals surface area (Å²) in [5.41, 5.74) is 2.88. The fourth-order valence-electron chi connectivity index (χ4n) is 2.92. The first kappa shape index (κ1) is 17.9. The quantitative estimate of drug-likeness (QED) is 0.477. The van der Waals surface area contributed by atoms with Gasteiger partial charge in [-0.1, -0.05) is 24.3 Å². The predicted octanol–water partition coefficient (Wildman–Crippen LogP) is 2.84. The van der Waals surface area contributed by atoms with Gasteiger partial charge >= 0.3 is 11.8 Å². The van der Waals surface area contributed by atoms with Crippen molar-refractivity contribution < 1.29 is 19.1 Å². The van der Waals surface area contributed by atoms with Crippen LogP contribution in [0.5, 0.6) is 11.8 Å². The molecular weight excluding hydrogens is 364 g/mol. The van der Waals surface area contributed by atoms with Crippen molar-refractivity contribution in [2.75, 3.05) is 13.7 Å². The third-order valence-electron chi connectivity index (χ3n) is 4.42. The van der Waals surface area contributed by atoms with Gasteiger partial charge < -0.3 is 24.3 Å². The molecule has 0 radical (unpaired) electrons. The number of ether oxygens (including phenoxy) is 3. The van der Waals surface area contributed by atoms with E-state index in [-0.39, 0.29) is 17.9 Å². The Morgan fingerprint density at radius 2 is 2.11 bits per heavy atom. The normalized spacial score (nSPS) is 15.5. The zero-order valence-corrected chi connectivity index (χ0v) is 15.1. The number of aromatic nitrogens is 3. The highest BCUT2D eigenvalue weighted by atomic mass is 16.6. The molecule has 0 spiro atoms. The summed E-state index contributed by atoms with van der Waals surface area (Å²) in [6.07, 6.45) is 2.84. The predicted molar refractivity (Wildman–Crippen MR) is 99.2 cm³/mol. The maximum atomic E-state index is 10.8. The van der Waals surface area contributed by atoms with Crippen LogP contribution in [0.2, 0.25) is 0 Å². The highest BCUT2D eigenvalue weighted by Crippen LogP contribution is 2.23. The number of nitro groups is 1. The van der Waals surface area contributed by atoms with E-state index in [0.29, 0.717) is 19.8 Å². The van der Waals surface area contributed by atoms with Gasteiger partial charge in [0.2, 0.25) is 0 Å². The number of methoxy groups -OCH3 is 1. The Kier molecular flexibility index (Phi) is 4.90. The van der Waals surface area contributed by atoms with Crippen LogP contribution in [0, 0.1) is 10.1 Å². The lowest BCUT2D eigenvalue weighted by Crippen LogP contribution is -2.32. The standard InChI is InChI=1S/C19H18N4O5/c1-26-15-6-7-17(20-8-15)14-4-2-13(3-5-14)11-27-16-9-22-10-18(23(24)25)21-19(22)28-12-16/h2-8,10,16H,9,11-12H2,1H3/t16-/m0/s1. The van der Waals surface area contributed by atoms with Gasteiger partial charge in [-0.15, -0.1) is 0 Å². The van der Waals surface area contributed by atoms with Crippen molar-refractivity contribution in [3.05, 3.63) is 64.5 Å². The van der Waals surface area contributed by atoms with Gasteiger partial charge in [-0.25, -0.2) is 0 Å². The van der Waals surface area contributed by atoms with E-state index < -0.39 is 4.92 Å². The number of benzene rings is 1. The molecule has 0 bridgehead atoms. The first-order valence-electron chi connectivity index (χ1n) is 8.67. The van der Waals surface area contributed by atoms with E-state index in [1.165, 1.54) is 6.20 Å². The van der Waals surface area contributed by atoms with Crippen molar-refractivity contribution in [1.82, 2.24) is 14.5 Å². The minimum Gasteiger partial charge on any atom is -0.495 e. The molecule has 2 aromatic heterocycles. The highest BCUT2D eigenvalue weighted by Gasteiger charge is 2.28. The van der Waals surface area contributed by atoms with Crippen LogP contribution in [0.25, 0.3) is 11.3 Å². The average molecular weight is 382 g/mol. The summed E-state index contributed by atoms with van der Waals surface area (Å²) in [6.45, 7) is 1.18. The molecule has 3 heterocycles. The van der Waals surface area contributed by atoms with E-state index in [2.05, 4.69) is 9.97 Å². The van der Waals surface area contributed by atoms with Gasteiger partial charge in [0.15, 0.2) is 0 Å². The van der Waals surface area contributed by atoms with Crippen LogP contribution in [0.15, 0.2) is 48.8 Å². The van der Waals surface area contributed by atoms with E-state index >= 15 is 0 Å². The molecule has 1 aromatic carbocycles. The molecule has 0 amide bonds. The van der Waals surface area contributed by atoms with Crippen molar-refractivity contribution in [1.29, 1.82) is 0 Å². The minimum absolute atomic E-state index is 0.204. The fraction of sp³-hybridized carbons (Fsp3) is 0.263. The van der Waals surface area contributed by atoms with Crippen LogP contribution >= 0.6 is 0 Å². The van der Waals surface area contributed by atoms with E-state index in [9.17, 15) is 10.1 Å². The second kappa shape index (κ2) is 7.65. The summed E-state index contributed by atoms with van der Waals surface area (Å²) in [4.78, 5) is 18.5. The van der Waals surface area contributed by atoms with Gasteiger partial charge in [-0.3, -0.25) is 9.55 Å². The fourth-order valence-corrected chi connectivity index (χ4v) is 2.92. The van der Waals surface area contributed by atoms with Gasteiger partial charge in [-0.05, 0) is 22.6 Å². The van der Waals surface area contributed by atoms with Crippen molar-refractivity contribution in [3.63, 3.8) is 0 Å². The molecular formula is C19H18N4O5. The zero-order chi connectivity index (χ0) is 19.5. The molecule has 0 unspecified atom stereocenters. The average Bonchev–Trinajstić information content (AvgIpc) is 3.16. The molecule has 0 saturated heterocycles. The molecule has 4 rings (SSSR count). The molecule has 1 aliphatic rings. The van der Waals surface area contributed by atoms with Gasteiger partial charge in [0.1, 0.15) is 24.7 Å². The summed E-state index contributed by atoms with van der Waals surface area (Å²) in [5.74, 6) is 0.494. The second-order valence-corrected chi connectivity index (χ2v) is 6.32. The summed E-state index contributed by atoms with van der Waals surface area (Å²) in [5, 5.41) is 10.8. The second-order valence-electron chi connectivity index (χ2n) is 6.32. The Morgan fingerprint density at radius 1 is 1.29 bits per heavy atom. The number of hydrogen-bond donors (Lipinski definition) is 0. The Bertz CT molecular complexity index is 969. The van der Waals surface area contributed by atoms with Crippen molar-refractivity contribution in [2.24, 2.45) is 0 Å². The molecule has 9 heteroatoms. The third-order valence-corrected chi connectivity index (χ3v) is 4.42. The minimum atomic E-state index is -0.538. The lowest BCUT2D eigenvalue weighted by atomic mass is 10.1. The highest BCUT2D eigenvalue weighted by molar-refractivity contribution is 5.59. The molecule has 0 aliphatic carbocycles. The largest absolute Gasteiger partial charge is 0.495 e. The maximum Gasteiger partial charge on any atom is 0.414 e. The van der Waals surface area contributed by atoms with Gasteiger partial charge in [0.25, 0.3) is 0 Å². The first-order valence-corrected chi connectivity index (χ1v) is 8.67. The Hall–Kier alpha value is -3.46. The van der Waals surface area contributed by atoms with Gasteiger partial charge in [0.05, 0.1) is 32.2 Å². The van der Waals surface area contributed by atoms with Crippen molar-refractivity contribution in [2.45, 2.75) is 19.3 Å².